The Hall–Kier alpha value is -2.52. The first kappa shape index (κ1) is 18.3. The van der Waals surface area contributed by atoms with Crippen LogP contribution in [0.3, 0.4) is 0 Å². The number of carbonyl (C=O) groups excluding carboxylic acids is 1. The first-order valence-corrected chi connectivity index (χ1v) is 8.95. The second-order valence-electron chi connectivity index (χ2n) is 5.18. The summed E-state index contributed by atoms with van der Waals surface area (Å²) in [7, 11) is 0. The number of Topliss-reactive ketones (excluding diaryl/α,β-unsaturated/α-hetero) is 1. The molecule has 2 aromatic carbocycles. The number of nitrogens with zero attached hydrogens (tertiary/aromatic N) is 2. The normalized spacial score (nSPS) is 11.2. The van der Waals surface area contributed by atoms with E-state index in [-0.39, 0.29) is 27.0 Å². The van der Waals surface area contributed by atoms with E-state index in [0.29, 0.717) is 10.7 Å². The maximum Gasteiger partial charge on any atom is 0.206 e. The number of benzene rings is 2. The largest absolute Gasteiger partial charge is 0.288 e. The number of carbonyl (C=O) groups is 1. The van der Waals surface area contributed by atoms with Crippen molar-refractivity contribution >= 4 is 46.4 Å². The Morgan fingerprint density at radius 3 is 2.42 bits per heavy atom. The van der Waals surface area contributed by atoms with E-state index in [4.69, 9.17) is 23.2 Å². The molecular formula is C19H9Cl2FN2OS. The van der Waals surface area contributed by atoms with Gasteiger partial charge in [0.1, 0.15) is 22.5 Å². The van der Waals surface area contributed by atoms with Crippen LogP contribution in [0.1, 0.15) is 16.1 Å². The molecule has 0 radical (unpaired) electrons. The summed E-state index contributed by atoms with van der Waals surface area (Å²) in [4.78, 5) is 17.0. The molecule has 0 fully saturated rings. The predicted molar refractivity (Wildman–Crippen MR) is 102 cm³/mol. The van der Waals surface area contributed by atoms with E-state index in [2.05, 4.69) is 4.98 Å². The maximum atomic E-state index is 13.0. The molecule has 0 amide bonds. The highest BCUT2D eigenvalue weighted by molar-refractivity contribution is 7.13. The van der Waals surface area contributed by atoms with Crippen LogP contribution in [0.4, 0.5) is 4.39 Å². The molecule has 0 atom stereocenters. The second-order valence-corrected chi connectivity index (χ2v) is 6.85. The Labute approximate surface area is 163 Å². The Bertz CT molecular complexity index is 1030. The van der Waals surface area contributed by atoms with Gasteiger partial charge in [0, 0.05) is 10.9 Å². The van der Waals surface area contributed by atoms with Gasteiger partial charge in [0.15, 0.2) is 0 Å². The molecule has 1 aromatic heterocycles. The Balaban J connectivity index is 1.94. The molecule has 0 aliphatic rings. The number of allylic oxidation sites excluding steroid dienone is 1. The molecule has 0 aliphatic carbocycles. The minimum atomic E-state index is -0.570. The highest BCUT2D eigenvalue weighted by atomic mass is 35.5. The quantitative estimate of drug-likeness (QED) is 0.303. The van der Waals surface area contributed by atoms with Gasteiger partial charge in [-0.3, -0.25) is 4.79 Å². The van der Waals surface area contributed by atoms with Gasteiger partial charge in [-0.25, -0.2) is 9.37 Å². The Morgan fingerprint density at radius 2 is 1.81 bits per heavy atom. The lowest BCUT2D eigenvalue weighted by Crippen LogP contribution is -2.04. The molecule has 26 heavy (non-hydrogen) atoms. The van der Waals surface area contributed by atoms with Crippen LogP contribution in [-0.4, -0.2) is 10.8 Å². The Kier molecular flexibility index (Phi) is 5.48. The number of aromatic nitrogens is 1. The number of ketones is 1. The zero-order valence-corrected chi connectivity index (χ0v) is 15.4. The minimum absolute atomic E-state index is 0.0811. The summed E-state index contributed by atoms with van der Waals surface area (Å²) in [5, 5.41) is 12.1. The van der Waals surface area contributed by atoms with Gasteiger partial charge in [0.2, 0.25) is 5.78 Å². The first-order chi connectivity index (χ1) is 12.5. The van der Waals surface area contributed by atoms with Crippen molar-refractivity contribution in [2.45, 2.75) is 0 Å². The maximum absolute atomic E-state index is 13.0. The van der Waals surface area contributed by atoms with Crippen molar-refractivity contribution in [3.05, 3.63) is 80.5 Å². The number of hydrogen-bond acceptors (Lipinski definition) is 4. The van der Waals surface area contributed by atoms with Crippen LogP contribution in [-0.2, 0) is 0 Å². The van der Waals surface area contributed by atoms with E-state index in [1.807, 2.05) is 6.07 Å². The number of hydrogen-bond donors (Lipinski definition) is 0. The van der Waals surface area contributed by atoms with E-state index < -0.39 is 5.78 Å². The fraction of sp³-hybridized carbons (Fsp3) is 0. The summed E-state index contributed by atoms with van der Waals surface area (Å²) in [5.41, 5.74) is 1.14. The number of halogens is 3. The van der Waals surface area contributed by atoms with Crippen molar-refractivity contribution in [1.29, 1.82) is 5.26 Å². The van der Waals surface area contributed by atoms with Crippen molar-refractivity contribution < 1.29 is 9.18 Å². The predicted octanol–water partition coefficient (Wildman–Crippen LogP) is 6.05. The summed E-state index contributed by atoms with van der Waals surface area (Å²) < 4.78 is 13.0. The van der Waals surface area contributed by atoms with Gasteiger partial charge in [0.25, 0.3) is 0 Å². The lowest BCUT2D eigenvalue weighted by molar-refractivity contribution is 0.104. The van der Waals surface area contributed by atoms with Gasteiger partial charge < -0.3 is 0 Å². The summed E-state index contributed by atoms with van der Waals surface area (Å²) >= 11 is 13.4. The molecule has 1 heterocycles. The van der Waals surface area contributed by atoms with E-state index in [9.17, 15) is 14.4 Å². The summed E-state index contributed by atoms with van der Waals surface area (Å²) in [6.07, 6.45) is 1.38. The van der Waals surface area contributed by atoms with Crippen LogP contribution < -0.4 is 0 Å². The average molecular weight is 403 g/mol. The van der Waals surface area contributed by atoms with Crippen LogP contribution in [0.5, 0.6) is 0 Å². The van der Waals surface area contributed by atoms with Gasteiger partial charge in [0.05, 0.1) is 21.3 Å². The fourth-order valence-electron chi connectivity index (χ4n) is 2.22. The molecule has 128 valence electrons. The monoisotopic (exact) mass is 402 g/mol. The van der Waals surface area contributed by atoms with Crippen LogP contribution >= 0.6 is 34.5 Å². The lowest BCUT2D eigenvalue weighted by Gasteiger charge is -2.04. The van der Waals surface area contributed by atoms with Crippen LogP contribution in [0.15, 0.2) is 53.4 Å². The number of thiazole rings is 1. The van der Waals surface area contributed by atoms with Gasteiger partial charge in [-0.15, -0.1) is 11.3 Å². The summed E-state index contributed by atoms with van der Waals surface area (Å²) in [5.74, 6) is -0.904. The standard InChI is InChI=1S/C19H9Cl2FN2OS/c20-15-2-1-3-16(21)17(15)18(25)12(9-23)8-14-10-26-19(24-14)11-4-6-13(22)7-5-11/h1-8,10H. The SMILES string of the molecule is N#CC(=Cc1csc(-c2ccc(F)cc2)n1)C(=O)c1c(Cl)cccc1Cl. The highest BCUT2D eigenvalue weighted by Gasteiger charge is 2.19. The van der Waals surface area contributed by atoms with Gasteiger partial charge in [-0.2, -0.15) is 5.26 Å². The molecule has 3 aromatic rings. The van der Waals surface area contributed by atoms with Crippen molar-refractivity contribution in [1.82, 2.24) is 4.98 Å². The molecule has 0 unspecified atom stereocenters. The topological polar surface area (TPSA) is 53.8 Å². The third-order valence-corrected chi connectivity index (χ3v) is 5.00. The zero-order chi connectivity index (χ0) is 18.7. The third-order valence-electron chi connectivity index (χ3n) is 3.46. The zero-order valence-electron chi connectivity index (χ0n) is 13.0. The van der Waals surface area contributed by atoms with E-state index >= 15 is 0 Å². The molecular weight excluding hydrogens is 394 g/mol. The third kappa shape index (κ3) is 3.83. The van der Waals surface area contributed by atoms with E-state index in [1.165, 1.54) is 41.7 Å². The number of nitriles is 1. The van der Waals surface area contributed by atoms with Crippen molar-refractivity contribution in [2.75, 3.05) is 0 Å². The molecule has 7 heteroatoms. The smallest absolute Gasteiger partial charge is 0.206 e. The molecule has 0 bridgehead atoms. The average Bonchev–Trinajstić information content (AvgIpc) is 3.08. The van der Waals surface area contributed by atoms with Crippen molar-refractivity contribution in [3.8, 4) is 16.6 Å². The molecule has 3 rings (SSSR count). The molecule has 0 aliphatic heterocycles. The summed E-state index contributed by atoms with van der Waals surface area (Å²) in [6.45, 7) is 0. The molecule has 0 N–H and O–H groups in total. The van der Waals surface area contributed by atoms with E-state index in [1.54, 1.807) is 23.6 Å². The molecule has 0 spiro atoms. The Morgan fingerprint density at radius 1 is 1.15 bits per heavy atom. The first-order valence-electron chi connectivity index (χ1n) is 7.31. The fourth-order valence-corrected chi connectivity index (χ4v) is 3.58. The van der Waals surface area contributed by atoms with Crippen LogP contribution in [0, 0.1) is 17.1 Å². The van der Waals surface area contributed by atoms with Crippen molar-refractivity contribution in [3.63, 3.8) is 0 Å². The molecule has 0 saturated heterocycles. The van der Waals surface area contributed by atoms with E-state index in [0.717, 1.165) is 5.56 Å². The van der Waals surface area contributed by atoms with Crippen LogP contribution in [0.25, 0.3) is 16.6 Å². The number of rotatable bonds is 4. The highest BCUT2D eigenvalue weighted by Crippen LogP contribution is 2.28. The van der Waals surface area contributed by atoms with Gasteiger partial charge in [-0.05, 0) is 42.5 Å². The second kappa shape index (κ2) is 7.79. The van der Waals surface area contributed by atoms with Crippen LogP contribution in [0.2, 0.25) is 10.0 Å². The van der Waals surface area contributed by atoms with Crippen molar-refractivity contribution in [2.24, 2.45) is 0 Å². The molecule has 0 saturated carbocycles. The lowest BCUT2D eigenvalue weighted by atomic mass is 10.0. The molecule has 3 nitrogen and oxygen atoms in total. The van der Waals surface area contributed by atoms with Gasteiger partial charge >= 0.3 is 0 Å². The minimum Gasteiger partial charge on any atom is -0.288 e. The van der Waals surface area contributed by atoms with Gasteiger partial charge in [-0.1, -0.05) is 29.3 Å². The summed E-state index contributed by atoms with van der Waals surface area (Å²) in [6, 6.07) is 12.5.